The second-order valence-corrected chi connectivity index (χ2v) is 5.57. The van der Waals surface area contributed by atoms with E-state index in [4.69, 9.17) is 5.73 Å². The van der Waals surface area contributed by atoms with Crippen LogP contribution in [0.25, 0.3) is 0 Å². The Kier molecular flexibility index (Phi) is 6.78. The highest BCUT2D eigenvalue weighted by Crippen LogP contribution is 2.13. The van der Waals surface area contributed by atoms with E-state index >= 15 is 0 Å². The van der Waals surface area contributed by atoms with Gasteiger partial charge in [-0.2, -0.15) is 0 Å². The lowest BCUT2D eigenvalue weighted by molar-refractivity contribution is 0.611. The summed E-state index contributed by atoms with van der Waals surface area (Å²) in [5.41, 5.74) is 6.89. The van der Waals surface area contributed by atoms with Crippen LogP contribution in [0.5, 0.6) is 0 Å². The van der Waals surface area contributed by atoms with E-state index in [0.717, 1.165) is 24.5 Å². The fourth-order valence-corrected chi connectivity index (χ4v) is 2.09. The molecule has 4 heteroatoms. The smallest absolute Gasteiger partial charge is 0.225 e. The lowest BCUT2D eigenvalue weighted by Crippen LogP contribution is -2.33. The van der Waals surface area contributed by atoms with E-state index in [2.05, 4.69) is 35.6 Å². The van der Waals surface area contributed by atoms with Crippen molar-refractivity contribution in [3.8, 4) is 0 Å². The Hall–Kier alpha value is -1.16. The van der Waals surface area contributed by atoms with Crippen LogP contribution in [0.1, 0.15) is 52.5 Å². The third-order valence-corrected chi connectivity index (χ3v) is 3.13. The molecule has 0 saturated heterocycles. The SMILES string of the molecule is CCCCCN(c1ncc(CC(C)N)cn1)C(C)C. The number of rotatable bonds is 8. The molecule has 0 radical (unpaired) electrons. The quantitative estimate of drug-likeness (QED) is 0.734. The molecule has 0 aliphatic carbocycles. The molecule has 0 saturated carbocycles. The maximum atomic E-state index is 5.79. The van der Waals surface area contributed by atoms with Crippen molar-refractivity contribution in [3.05, 3.63) is 18.0 Å². The number of aromatic nitrogens is 2. The van der Waals surface area contributed by atoms with Gasteiger partial charge in [-0.15, -0.1) is 0 Å². The second kappa shape index (κ2) is 8.10. The Balaban J connectivity index is 2.68. The predicted octanol–water partition coefficient (Wildman–Crippen LogP) is 2.77. The number of hydrogen-bond acceptors (Lipinski definition) is 4. The molecule has 0 fully saturated rings. The molecule has 1 heterocycles. The highest BCUT2D eigenvalue weighted by molar-refractivity contribution is 5.31. The monoisotopic (exact) mass is 264 g/mol. The molecular formula is C15H28N4. The van der Waals surface area contributed by atoms with Gasteiger partial charge in [-0.25, -0.2) is 9.97 Å². The van der Waals surface area contributed by atoms with Gasteiger partial charge in [-0.05, 0) is 39.2 Å². The van der Waals surface area contributed by atoms with E-state index in [1.807, 2.05) is 19.3 Å². The van der Waals surface area contributed by atoms with Crippen LogP contribution in [0, 0.1) is 0 Å². The van der Waals surface area contributed by atoms with Crippen LogP contribution in [0.4, 0.5) is 5.95 Å². The zero-order chi connectivity index (χ0) is 14.3. The lowest BCUT2D eigenvalue weighted by atomic mass is 10.1. The Morgan fingerprint density at radius 1 is 1.16 bits per heavy atom. The van der Waals surface area contributed by atoms with Gasteiger partial charge in [-0.1, -0.05) is 19.8 Å². The van der Waals surface area contributed by atoms with Gasteiger partial charge in [0.1, 0.15) is 0 Å². The van der Waals surface area contributed by atoms with Gasteiger partial charge >= 0.3 is 0 Å². The van der Waals surface area contributed by atoms with E-state index in [1.165, 1.54) is 19.3 Å². The Morgan fingerprint density at radius 2 is 1.79 bits per heavy atom. The molecule has 1 aromatic heterocycles. The number of nitrogens with zero attached hydrogens (tertiary/aromatic N) is 3. The van der Waals surface area contributed by atoms with Crippen molar-refractivity contribution in [2.45, 2.75) is 65.5 Å². The Labute approximate surface area is 117 Å². The first-order valence-corrected chi connectivity index (χ1v) is 7.37. The van der Waals surface area contributed by atoms with Crippen molar-refractivity contribution >= 4 is 5.95 Å². The van der Waals surface area contributed by atoms with Crippen molar-refractivity contribution in [1.29, 1.82) is 0 Å². The molecule has 0 aliphatic rings. The summed E-state index contributed by atoms with van der Waals surface area (Å²) in [4.78, 5) is 11.3. The first-order chi connectivity index (χ1) is 9.04. The normalized spacial score (nSPS) is 12.7. The van der Waals surface area contributed by atoms with Gasteiger partial charge in [0.2, 0.25) is 5.95 Å². The van der Waals surface area contributed by atoms with Crippen molar-refractivity contribution in [1.82, 2.24) is 9.97 Å². The number of unbranched alkanes of at least 4 members (excludes halogenated alkanes) is 2. The summed E-state index contributed by atoms with van der Waals surface area (Å²) in [5, 5.41) is 0. The molecule has 1 aromatic rings. The lowest BCUT2D eigenvalue weighted by Gasteiger charge is -2.26. The van der Waals surface area contributed by atoms with Crippen LogP contribution >= 0.6 is 0 Å². The highest BCUT2D eigenvalue weighted by atomic mass is 15.3. The van der Waals surface area contributed by atoms with Crippen LogP contribution < -0.4 is 10.6 Å². The van der Waals surface area contributed by atoms with Crippen LogP contribution in [0.2, 0.25) is 0 Å². The predicted molar refractivity (Wildman–Crippen MR) is 81.4 cm³/mol. The number of nitrogens with two attached hydrogens (primary N) is 1. The summed E-state index contributed by atoms with van der Waals surface area (Å²) < 4.78 is 0. The van der Waals surface area contributed by atoms with Crippen LogP contribution in [0.15, 0.2) is 12.4 Å². The fraction of sp³-hybridized carbons (Fsp3) is 0.733. The topological polar surface area (TPSA) is 55.0 Å². The van der Waals surface area contributed by atoms with Crippen molar-refractivity contribution in [2.75, 3.05) is 11.4 Å². The molecule has 0 amide bonds. The number of anilines is 1. The summed E-state index contributed by atoms with van der Waals surface area (Å²) in [6.45, 7) is 9.62. The molecule has 19 heavy (non-hydrogen) atoms. The summed E-state index contributed by atoms with van der Waals surface area (Å²) in [7, 11) is 0. The minimum absolute atomic E-state index is 0.153. The molecule has 0 bridgehead atoms. The average Bonchev–Trinajstić information content (AvgIpc) is 2.35. The van der Waals surface area contributed by atoms with Gasteiger partial charge < -0.3 is 10.6 Å². The zero-order valence-electron chi connectivity index (χ0n) is 12.8. The minimum Gasteiger partial charge on any atom is -0.338 e. The molecule has 1 atom stereocenters. The van der Waals surface area contributed by atoms with Gasteiger partial charge in [0.25, 0.3) is 0 Å². The van der Waals surface area contributed by atoms with E-state index < -0.39 is 0 Å². The van der Waals surface area contributed by atoms with Gasteiger partial charge in [-0.3, -0.25) is 0 Å². The van der Waals surface area contributed by atoms with E-state index in [1.54, 1.807) is 0 Å². The highest BCUT2D eigenvalue weighted by Gasteiger charge is 2.12. The van der Waals surface area contributed by atoms with E-state index in [-0.39, 0.29) is 6.04 Å². The minimum atomic E-state index is 0.153. The summed E-state index contributed by atoms with van der Waals surface area (Å²) in [5.74, 6) is 0.833. The summed E-state index contributed by atoms with van der Waals surface area (Å²) >= 11 is 0. The van der Waals surface area contributed by atoms with Gasteiger partial charge in [0.15, 0.2) is 0 Å². The first kappa shape index (κ1) is 15.9. The average molecular weight is 264 g/mol. The molecule has 2 N–H and O–H groups in total. The van der Waals surface area contributed by atoms with Crippen molar-refractivity contribution in [3.63, 3.8) is 0 Å². The molecule has 1 unspecified atom stereocenters. The molecule has 0 aliphatic heterocycles. The summed E-state index contributed by atoms with van der Waals surface area (Å²) in [6.07, 6.45) is 8.32. The maximum Gasteiger partial charge on any atom is 0.225 e. The zero-order valence-corrected chi connectivity index (χ0v) is 12.8. The number of hydrogen-bond donors (Lipinski definition) is 1. The molecule has 108 valence electrons. The standard InChI is InChI=1S/C15H28N4/c1-5-6-7-8-19(12(2)3)15-17-10-14(11-18-15)9-13(4)16/h10-13H,5-9,16H2,1-4H3. The van der Waals surface area contributed by atoms with Crippen molar-refractivity contribution in [2.24, 2.45) is 5.73 Å². The van der Waals surface area contributed by atoms with Gasteiger partial charge in [0, 0.05) is 31.0 Å². The summed E-state index contributed by atoms with van der Waals surface area (Å²) in [6, 6.07) is 0.580. The second-order valence-electron chi connectivity index (χ2n) is 5.57. The van der Waals surface area contributed by atoms with Crippen LogP contribution in [-0.4, -0.2) is 28.6 Å². The largest absolute Gasteiger partial charge is 0.338 e. The first-order valence-electron chi connectivity index (χ1n) is 7.37. The van der Waals surface area contributed by atoms with Crippen LogP contribution in [0.3, 0.4) is 0 Å². The van der Waals surface area contributed by atoms with Gasteiger partial charge in [0.05, 0.1) is 0 Å². The molecule has 1 rings (SSSR count). The Morgan fingerprint density at radius 3 is 2.26 bits per heavy atom. The molecule has 4 nitrogen and oxygen atoms in total. The maximum absolute atomic E-state index is 5.79. The molecule has 0 aromatic carbocycles. The molecular weight excluding hydrogens is 236 g/mol. The van der Waals surface area contributed by atoms with E-state index in [9.17, 15) is 0 Å². The Bertz CT molecular complexity index is 346. The molecule has 0 spiro atoms. The third-order valence-electron chi connectivity index (χ3n) is 3.13. The van der Waals surface area contributed by atoms with Crippen molar-refractivity contribution < 1.29 is 0 Å². The van der Waals surface area contributed by atoms with Crippen LogP contribution in [-0.2, 0) is 6.42 Å². The fourth-order valence-electron chi connectivity index (χ4n) is 2.09. The third kappa shape index (κ3) is 5.55. The van der Waals surface area contributed by atoms with E-state index in [0.29, 0.717) is 6.04 Å².